The van der Waals surface area contributed by atoms with Crippen LogP contribution in [0.15, 0.2) is 364 Å². The van der Waals surface area contributed by atoms with Gasteiger partial charge in [-0.1, -0.05) is 267 Å². The van der Waals surface area contributed by atoms with Gasteiger partial charge in [-0.2, -0.15) is 0 Å². The first kappa shape index (κ1) is 77.4. The predicted molar refractivity (Wildman–Crippen MR) is 508 cm³/mol. The van der Waals surface area contributed by atoms with Crippen LogP contribution in [0, 0.1) is 0 Å². The molecule has 630 valence electrons. The normalized spacial score (nSPS) is 21.4. The molecule has 0 saturated carbocycles. The Kier molecular flexibility index (Phi) is 19.1. The number of hydrogen-bond donors (Lipinski definition) is 0. The Bertz CT molecular complexity index is 6990. The fourth-order valence-electron chi connectivity index (χ4n) is 20.7. The molecule has 0 aromatic heterocycles. The molecule has 9 aliphatic rings. The minimum Gasteiger partial charge on any atom is -0.491 e. The van der Waals surface area contributed by atoms with E-state index in [4.69, 9.17) is 56.8 Å². The van der Waals surface area contributed by atoms with E-state index in [2.05, 4.69) is 364 Å². The average molecular weight is 1690 g/mol. The maximum Gasteiger partial charge on any atom is 0.119 e. The van der Waals surface area contributed by atoms with Crippen molar-refractivity contribution in [1.29, 1.82) is 0 Å². The van der Waals surface area contributed by atoms with Crippen molar-refractivity contribution in [1.82, 2.24) is 0 Å². The zero-order chi connectivity index (χ0) is 85.1. The summed E-state index contributed by atoms with van der Waals surface area (Å²) >= 11 is 0. The molecule has 18 aromatic carbocycles. The third-order valence-electron chi connectivity index (χ3n) is 27.4. The van der Waals surface area contributed by atoms with Crippen molar-refractivity contribution in [2.24, 2.45) is 0 Å². The van der Waals surface area contributed by atoms with Crippen LogP contribution in [0.3, 0.4) is 0 Å². The van der Waals surface area contributed by atoms with Crippen LogP contribution in [0.2, 0.25) is 0 Å². The molecule has 0 N–H and O–H groups in total. The van der Waals surface area contributed by atoms with Crippen molar-refractivity contribution < 1.29 is 56.8 Å². The van der Waals surface area contributed by atoms with E-state index in [1.807, 2.05) is 0 Å². The smallest absolute Gasteiger partial charge is 0.119 e. The van der Waals surface area contributed by atoms with Crippen LogP contribution in [-0.2, 0) is 44.7 Å². The summed E-state index contributed by atoms with van der Waals surface area (Å²) in [5.41, 5.74) is 21.1. The molecule has 12 nitrogen and oxygen atoms in total. The second kappa shape index (κ2) is 31.8. The lowest BCUT2D eigenvalue weighted by atomic mass is 9.66. The van der Waals surface area contributed by atoms with Gasteiger partial charge in [0.25, 0.3) is 0 Å². The van der Waals surface area contributed by atoms with Crippen molar-refractivity contribution in [2.45, 2.75) is 52.9 Å². The second-order valence-corrected chi connectivity index (χ2v) is 35.3. The van der Waals surface area contributed by atoms with Crippen LogP contribution < -0.4 is 28.4 Å². The third kappa shape index (κ3) is 14.0. The zero-order valence-corrected chi connectivity index (χ0v) is 71.0. The molecule has 129 heavy (non-hydrogen) atoms. The summed E-state index contributed by atoms with van der Waals surface area (Å²) in [6, 6.07) is 133. The van der Waals surface area contributed by atoms with Crippen LogP contribution in [0.25, 0.3) is 98.0 Å². The summed E-state index contributed by atoms with van der Waals surface area (Å²) in [5.74, 6) is 5.14. The van der Waals surface area contributed by atoms with E-state index in [1.165, 1.54) is 165 Å². The Labute approximate surface area is 747 Å². The highest BCUT2D eigenvalue weighted by atomic mass is 16.6. The molecule has 6 aliphatic heterocycles. The van der Waals surface area contributed by atoms with Crippen LogP contribution in [-0.4, -0.2) is 116 Å². The van der Waals surface area contributed by atoms with E-state index in [0.717, 1.165) is 74.1 Å². The SMILES string of the molecule is c1ccc2c3c(ccc2c1)C(c1ccc(OCC2CO2)cc1)(c1ccc(OCC2CO2)cc1)c1c-3ccc2ccccc12.c1ccc2cc3c(cc2c1)-c1c(ccc2ccccc12)C3(c1ccc(OCC2CO2)cc1)c1ccc(OCC2CO2)cc1.c1ccc2cc3c(cc2c1)-c1ccc2ccccc2c1C3(c1ccc(OCC2CO2)cc1)c1ccc(OCC2CO2)cc1. The minimum atomic E-state index is -0.550. The molecular formula is C117H90O12. The molecule has 6 atom stereocenters. The van der Waals surface area contributed by atoms with E-state index in [9.17, 15) is 0 Å². The van der Waals surface area contributed by atoms with Gasteiger partial charge in [-0.3, -0.25) is 0 Å². The molecule has 0 bridgehead atoms. The monoisotopic (exact) mass is 1690 g/mol. The lowest BCUT2D eigenvalue weighted by Crippen LogP contribution is -2.29. The van der Waals surface area contributed by atoms with Gasteiger partial charge in [0.2, 0.25) is 0 Å². The Morgan fingerprint density at radius 2 is 0.426 bits per heavy atom. The van der Waals surface area contributed by atoms with Gasteiger partial charge < -0.3 is 56.8 Å². The Balaban J connectivity index is 0.000000105. The largest absolute Gasteiger partial charge is 0.491 e. The van der Waals surface area contributed by atoms with Crippen molar-refractivity contribution in [3.63, 3.8) is 0 Å². The summed E-state index contributed by atoms with van der Waals surface area (Å²) in [5, 5.41) is 15.0. The number of epoxide rings is 6. The van der Waals surface area contributed by atoms with Gasteiger partial charge in [0, 0.05) is 0 Å². The predicted octanol–water partition coefficient (Wildman–Crippen LogP) is 23.7. The Hall–Kier alpha value is -13.9. The number of rotatable bonds is 24. The van der Waals surface area contributed by atoms with Gasteiger partial charge in [-0.05, 0) is 262 Å². The zero-order valence-electron chi connectivity index (χ0n) is 71.0. The molecule has 6 heterocycles. The minimum absolute atomic E-state index is 0.214. The van der Waals surface area contributed by atoms with Gasteiger partial charge in [-0.15, -0.1) is 0 Å². The Morgan fingerprint density at radius 1 is 0.194 bits per heavy atom. The summed E-state index contributed by atoms with van der Waals surface area (Å²) in [4.78, 5) is 0. The average Bonchev–Trinajstić information content (AvgIpc) is 1.50. The molecule has 6 saturated heterocycles. The van der Waals surface area contributed by atoms with Gasteiger partial charge >= 0.3 is 0 Å². The van der Waals surface area contributed by atoms with Crippen LogP contribution in [0.5, 0.6) is 34.5 Å². The topological polar surface area (TPSA) is 131 Å². The fraction of sp³-hybridized carbons (Fsp3) is 0.179. The van der Waals surface area contributed by atoms with Gasteiger partial charge in [0.1, 0.15) is 111 Å². The van der Waals surface area contributed by atoms with Gasteiger partial charge in [0.15, 0.2) is 0 Å². The lowest BCUT2D eigenvalue weighted by Gasteiger charge is -2.35. The van der Waals surface area contributed by atoms with Crippen molar-refractivity contribution in [3.05, 3.63) is 431 Å². The summed E-state index contributed by atoms with van der Waals surface area (Å²) < 4.78 is 68.6. The van der Waals surface area contributed by atoms with E-state index < -0.39 is 16.2 Å². The molecule has 0 amide bonds. The molecule has 6 unspecified atom stereocenters. The molecule has 3 aliphatic carbocycles. The van der Waals surface area contributed by atoms with E-state index in [1.54, 1.807) is 0 Å². The second-order valence-electron chi connectivity index (χ2n) is 35.3. The van der Waals surface area contributed by atoms with Crippen LogP contribution in [0.4, 0.5) is 0 Å². The molecule has 6 fully saturated rings. The van der Waals surface area contributed by atoms with Crippen molar-refractivity contribution in [2.75, 3.05) is 79.3 Å². The maximum absolute atomic E-state index is 6.07. The fourth-order valence-corrected chi connectivity index (χ4v) is 20.7. The summed E-state index contributed by atoms with van der Waals surface area (Å²) in [6.45, 7) is 8.19. The summed E-state index contributed by atoms with van der Waals surface area (Å²) in [7, 11) is 0. The standard InChI is InChI=1S/3C39H30O4/c1-3-7-33-25(5-1)10-20-36-37(33)35-19-9-26-6-2-4-8-34(26)38(35)39(36,27-11-15-29(16-12-27)40-21-31-23-42-31)28-13-17-30(18-14-28)41-22-32-24-43-32;1-2-7-27-20-37-35(19-26(27)6-1)38-34-8-4-3-5-25(34)9-18-36(38)39(37,28-10-14-30(15-11-28)40-21-32-23-42-32)29-12-16-31(17-13-29)41-22-33-24-43-33;1-2-7-27-20-37-36(19-26(27)6-1)35-18-9-25-5-3-4-8-34(25)38(35)39(37,28-10-14-30(15-11-28)40-21-32-23-42-32)29-12-16-31(17-13-29)41-22-33-24-43-33/h1-20,31-32H,21-24H2;2*1-20,32-33H,21-24H2. The number of fused-ring (bicyclic) bond motifs is 19. The highest BCUT2D eigenvalue weighted by molar-refractivity contribution is 6.10. The van der Waals surface area contributed by atoms with E-state index in [-0.39, 0.29) is 36.6 Å². The molecule has 12 heteroatoms. The van der Waals surface area contributed by atoms with E-state index >= 15 is 0 Å². The molecule has 18 aromatic rings. The highest BCUT2D eigenvalue weighted by Crippen LogP contribution is 2.63. The Morgan fingerprint density at radius 3 is 0.760 bits per heavy atom. The van der Waals surface area contributed by atoms with Crippen molar-refractivity contribution >= 4 is 64.6 Å². The van der Waals surface area contributed by atoms with E-state index in [0.29, 0.717) is 39.6 Å². The molecule has 0 spiro atoms. The molecule has 27 rings (SSSR count). The maximum atomic E-state index is 6.07. The first-order valence-corrected chi connectivity index (χ1v) is 45.1. The van der Waals surface area contributed by atoms with Crippen molar-refractivity contribution in [3.8, 4) is 67.9 Å². The summed E-state index contributed by atoms with van der Waals surface area (Å²) in [6.07, 6.45) is 1.29. The number of hydrogen-bond acceptors (Lipinski definition) is 12. The van der Waals surface area contributed by atoms with Crippen LogP contribution >= 0.6 is 0 Å². The van der Waals surface area contributed by atoms with Crippen LogP contribution in [0.1, 0.15) is 66.8 Å². The molecule has 0 radical (unpaired) electrons. The first-order valence-electron chi connectivity index (χ1n) is 45.1. The number of benzene rings is 18. The highest BCUT2D eigenvalue weighted by Gasteiger charge is 2.52. The van der Waals surface area contributed by atoms with Gasteiger partial charge in [-0.25, -0.2) is 0 Å². The molecular weight excluding hydrogens is 1600 g/mol. The quantitative estimate of drug-likeness (QED) is 0.0534. The lowest BCUT2D eigenvalue weighted by molar-refractivity contribution is 0.263. The van der Waals surface area contributed by atoms with Gasteiger partial charge in [0.05, 0.1) is 55.9 Å². The number of ether oxygens (including phenoxy) is 12. The third-order valence-corrected chi connectivity index (χ3v) is 27.4. The first-order chi connectivity index (χ1) is 63.8.